The van der Waals surface area contributed by atoms with Crippen LogP contribution in [0.1, 0.15) is 6.93 Å². The second-order valence-electron chi connectivity index (χ2n) is 3.30. The molecule has 17 heavy (non-hydrogen) atoms. The first kappa shape index (κ1) is 9.73. The summed E-state index contributed by atoms with van der Waals surface area (Å²) in [5.74, 6) is 1.28. The molecule has 0 saturated heterocycles. The average molecular weight is 226 g/mol. The van der Waals surface area contributed by atoms with Gasteiger partial charge >= 0.3 is 0 Å². The van der Waals surface area contributed by atoms with Crippen LogP contribution < -0.4 is 9.47 Å². The first-order valence-corrected chi connectivity index (χ1v) is 5.07. The monoisotopic (exact) mass is 226 g/mol. The van der Waals surface area contributed by atoms with Gasteiger partial charge in [0.15, 0.2) is 11.5 Å². The molecule has 0 heterocycles. The summed E-state index contributed by atoms with van der Waals surface area (Å²) in [6.07, 6.45) is 0. The molecular formula is C14H11NO2. The number of benzene rings is 2. The van der Waals surface area contributed by atoms with Gasteiger partial charge in [0, 0.05) is 6.04 Å². The third-order valence-electron chi connectivity index (χ3n) is 2.18. The molecule has 0 aliphatic rings. The summed E-state index contributed by atoms with van der Waals surface area (Å²) >= 11 is 0. The van der Waals surface area contributed by atoms with Crippen molar-refractivity contribution in [3.8, 4) is 23.3 Å². The molecule has 0 fully saturated rings. The van der Waals surface area contributed by atoms with Crippen molar-refractivity contribution in [3.05, 3.63) is 54.1 Å². The van der Waals surface area contributed by atoms with Crippen molar-refractivity contribution in [1.29, 1.82) is 5.26 Å². The van der Waals surface area contributed by atoms with E-state index in [0.29, 0.717) is 11.5 Å². The summed E-state index contributed by atoms with van der Waals surface area (Å²) in [5, 5.41) is 8.91. The van der Waals surface area contributed by atoms with Crippen LogP contribution in [0, 0.1) is 11.3 Å². The first-order valence-electron chi connectivity index (χ1n) is 5.57. The van der Waals surface area contributed by atoms with Crippen LogP contribution in [0.5, 0.6) is 17.2 Å². The number of nitriles is 1. The van der Waals surface area contributed by atoms with E-state index in [9.17, 15) is 0 Å². The van der Waals surface area contributed by atoms with Crippen LogP contribution in [0.25, 0.3) is 0 Å². The number of para-hydroxylation sites is 1. The van der Waals surface area contributed by atoms with Crippen molar-refractivity contribution >= 4 is 0 Å². The standard InChI is InChI=1S/C14H11NO2/c1-16-13-8-7-11(10-15)9-14(13)17-12-5-3-2-4-6-12/h2-9H,1H3/i9D. The lowest BCUT2D eigenvalue weighted by Gasteiger charge is -2.10. The van der Waals surface area contributed by atoms with E-state index in [4.69, 9.17) is 16.1 Å². The number of nitrogens with zero attached hydrogens (tertiary/aromatic N) is 1. The van der Waals surface area contributed by atoms with Gasteiger partial charge in [-0.3, -0.25) is 0 Å². The van der Waals surface area contributed by atoms with E-state index >= 15 is 0 Å². The second-order valence-corrected chi connectivity index (χ2v) is 3.30. The van der Waals surface area contributed by atoms with Gasteiger partial charge in [-0.05, 0) is 24.3 Å². The van der Waals surface area contributed by atoms with E-state index in [2.05, 4.69) is 0 Å². The van der Waals surface area contributed by atoms with Gasteiger partial charge in [0.25, 0.3) is 0 Å². The minimum atomic E-state index is 0.0284. The molecule has 0 spiro atoms. The van der Waals surface area contributed by atoms with E-state index in [0.717, 1.165) is 0 Å². The van der Waals surface area contributed by atoms with Crippen molar-refractivity contribution in [3.63, 3.8) is 0 Å². The topological polar surface area (TPSA) is 42.2 Å². The Morgan fingerprint density at radius 3 is 2.53 bits per heavy atom. The van der Waals surface area contributed by atoms with Crippen molar-refractivity contribution in [2.24, 2.45) is 0 Å². The van der Waals surface area contributed by atoms with Gasteiger partial charge in [0.1, 0.15) is 5.75 Å². The van der Waals surface area contributed by atoms with Gasteiger partial charge in [-0.2, -0.15) is 5.26 Å². The summed E-state index contributed by atoms with van der Waals surface area (Å²) in [7, 11) is 1.50. The zero-order valence-electron chi connectivity index (χ0n) is 10.3. The average Bonchev–Trinajstić information content (AvgIpc) is 2.42. The highest BCUT2D eigenvalue weighted by molar-refractivity contribution is 5.48. The largest absolute Gasteiger partial charge is 0.493 e. The molecule has 0 atom stereocenters. The summed E-state index contributed by atoms with van der Waals surface area (Å²) < 4.78 is 18.7. The van der Waals surface area contributed by atoms with Crippen molar-refractivity contribution in [1.82, 2.24) is 0 Å². The zero-order valence-corrected chi connectivity index (χ0v) is 9.31. The summed E-state index contributed by atoms with van der Waals surface area (Å²) in [4.78, 5) is 0. The molecule has 2 aromatic rings. The van der Waals surface area contributed by atoms with Gasteiger partial charge < -0.3 is 9.47 Å². The molecule has 3 heteroatoms. The van der Waals surface area contributed by atoms with Crippen LogP contribution in [-0.4, -0.2) is 7.11 Å². The predicted octanol–water partition coefficient (Wildman–Crippen LogP) is 3.36. The van der Waals surface area contributed by atoms with E-state index < -0.39 is 0 Å². The van der Waals surface area contributed by atoms with Crippen LogP contribution in [0.4, 0.5) is 0 Å². The van der Waals surface area contributed by atoms with Gasteiger partial charge in [-0.1, -0.05) is 18.2 Å². The van der Waals surface area contributed by atoms with Crippen LogP contribution in [0.2, 0.25) is 0 Å². The van der Waals surface area contributed by atoms with Crippen molar-refractivity contribution < 1.29 is 10.8 Å². The maximum absolute atomic E-state index is 8.91. The molecule has 0 unspecified atom stereocenters. The third kappa shape index (κ3) is 2.56. The molecule has 3 nitrogen and oxygen atoms in total. The van der Waals surface area contributed by atoms with Crippen LogP contribution in [-0.2, 0) is 0 Å². The third-order valence-corrected chi connectivity index (χ3v) is 2.18. The van der Waals surface area contributed by atoms with Crippen LogP contribution in [0.15, 0.2) is 48.5 Å². The lowest BCUT2D eigenvalue weighted by molar-refractivity contribution is 0.379. The lowest BCUT2D eigenvalue weighted by atomic mass is 10.2. The molecule has 0 amide bonds. The predicted molar refractivity (Wildman–Crippen MR) is 64.2 cm³/mol. The highest BCUT2D eigenvalue weighted by Crippen LogP contribution is 2.31. The van der Waals surface area contributed by atoms with Crippen molar-refractivity contribution in [2.75, 3.05) is 7.11 Å². The number of hydrogen-bond donors (Lipinski definition) is 0. The molecule has 0 bridgehead atoms. The van der Waals surface area contributed by atoms with Gasteiger partial charge in [0.05, 0.1) is 20.1 Å². The number of rotatable bonds is 3. The molecule has 2 rings (SSSR count). The maximum atomic E-state index is 8.91. The Balaban J connectivity index is 2.46. The summed E-state index contributed by atoms with van der Waals surface area (Å²) in [5.41, 5.74) is 0.252. The van der Waals surface area contributed by atoms with Gasteiger partial charge in [-0.15, -0.1) is 0 Å². The van der Waals surface area contributed by atoms with Crippen LogP contribution >= 0.6 is 0 Å². The fraction of sp³-hybridized carbons (Fsp3) is 0.0714. The van der Waals surface area contributed by atoms with E-state index in [1.807, 2.05) is 24.3 Å². The van der Waals surface area contributed by atoms with E-state index in [-0.39, 0.29) is 17.4 Å². The van der Waals surface area contributed by atoms with Crippen molar-refractivity contribution in [2.45, 2.75) is 0 Å². The van der Waals surface area contributed by atoms with Crippen LogP contribution in [0.3, 0.4) is 0 Å². The Bertz CT molecular complexity index is 591. The minimum Gasteiger partial charge on any atom is -0.493 e. The van der Waals surface area contributed by atoms with Gasteiger partial charge in [-0.25, -0.2) is 0 Å². The molecule has 0 radical (unpaired) electrons. The van der Waals surface area contributed by atoms with E-state index in [1.165, 1.54) is 7.11 Å². The molecule has 0 aromatic heterocycles. The first-order chi connectivity index (χ1) is 8.76. The number of ether oxygens (including phenoxy) is 2. The molecule has 0 aliphatic heterocycles. The molecule has 84 valence electrons. The SMILES string of the molecule is [2H]c1c(C#N)ccc(OC)c1Oc1ccccc1. The molecular weight excluding hydrogens is 214 g/mol. The van der Waals surface area contributed by atoms with E-state index in [1.54, 1.807) is 24.3 Å². The normalized spacial score (nSPS) is 10.2. The fourth-order valence-electron chi connectivity index (χ4n) is 1.37. The minimum absolute atomic E-state index is 0.0284. The van der Waals surface area contributed by atoms with Gasteiger partial charge in [0.2, 0.25) is 0 Å². The molecule has 0 aliphatic carbocycles. The Morgan fingerprint density at radius 2 is 1.88 bits per heavy atom. The Morgan fingerprint density at radius 1 is 1.12 bits per heavy atom. The Kier molecular flexibility index (Phi) is 2.89. The fourth-order valence-corrected chi connectivity index (χ4v) is 1.37. The molecule has 2 aromatic carbocycles. The summed E-state index contributed by atoms with van der Waals surface area (Å²) in [6, 6.07) is 14.2. The lowest BCUT2D eigenvalue weighted by Crippen LogP contribution is -1.91. The summed E-state index contributed by atoms with van der Waals surface area (Å²) in [6.45, 7) is 0. The number of methoxy groups -OCH3 is 1. The highest BCUT2D eigenvalue weighted by atomic mass is 16.5. The maximum Gasteiger partial charge on any atom is 0.170 e. The Labute approximate surface area is 101 Å². The molecule has 0 N–H and O–H groups in total. The Hall–Kier alpha value is -2.47. The molecule has 0 saturated carbocycles. The second kappa shape index (κ2) is 5.04. The smallest absolute Gasteiger partial charge is 0.170 e. The number of hydrogen-bond acceptors (Lipinski definition) is 3. The quantitative estimate of drug-likeness (QED) is 0.805. The highest BCUT2D eigenvalue weighted by Gasteiger charge is 2.06. The zero-order chi connectivity index (χ0) is 13.0.